The van der Waals surface area contributed by atoms with Crippen molar-refractivity contribution in [3.63, 3.8) is 0 Å². The first-order valence-electron chi connectivity index (χ1n) is 6.29. The van der Waals surface area contributed by atoms with Crippen LogP contribution in [0.5, 0.6) is 0 Å². The molecule has 1 fully saturated rings. The average molecular weight is 299 g/mol. The Morgan fingerprint density at radius 2 is 2.25 bits per heavy atom. The van der Waals surface area contributed by atoms with Gasteiger partial charge in [0.25, 0.3) is 11.6 Å². The zero-order valence-electron chi connectivity index (χ0n) is 11.0. The SMILES string of the molecule is COCCN(C(=O)c1cccc([N+](=O)[O-])c1Cl)C1CC1. The lowest BCUT2D eigenvalue weighted by molar-refractivity contribution is -0.384. The van der Waals surface area contributed by atoms with E-state index in [0.29, 0.717) is 13.2 Å². The monoisotopic (exact) mass is 298 g/mol. The van der Waals surface area contributed by atoms with E-state index in [9.17, 15) is 14.9 Å². The second-order valence-electron chi connectivity index (χ2n) is 4.62. The van der Waals surface area contributed by atoms with E-state index in [4.69, 9.17) is 16.3 Å². The van der Waals surface area contributed by atoms with Crippen molar-refractivity contribution in [1.29, 1.82) is 0 Å². The van der Waals surface area contributed by atoms with Crippen LogP contribution in [0.4, 0.5) is 5.69 Å². The van der Waals surface area contributed by atoms with Gasteiger partial charge in [-0.05, 0) is 18.9 Å². The maximum absolute atomic E-state index is 12.5. The summed E-state index contributed by atoms with van der Waals surface area (Å²) < 4.78 is 4.99. The van der Waals surface area contributed by atoms with Crippen LogP contribution in [0.1, 0.15) is 23.2 Å². The highest BCUT2D eigenvalue weighted by atomic mass is 35.5. The van der Waals surface area contributed by atoms with Gasteiger partial charge in [0.1, 0.15) is 5.02 Å². The predicted molar refractivity (Wildman–Crippen MR) is 74.0 cm³/mol. The molecule has 0 bridgehead atoms. The molecule has 1 aliphatic carbocycles. The van der Waals surface area contributed by atoms with Gasteiger partial charge in [0.2, 0.25) is 0 Å². The maximum atomic E-state index is 12.5. The molecular formula is C13H15ClN2O4. The Kier molecular flexibility index (Phi) is 4.57. The summed E-state index contributed by atoms with van der Waals surface area (Å²) in [4.78, 5) is 24.4. The number of ether oxygens (including phenoxy) is 1. The Morgan fingerprint density at radius 3 is 2.80 bits per heavy atom. The maximum Gasteiger partial charge on any atom is 0.288 e. The van der Waals surface area contributed by atoms with Gasteiger partial charge < -0.3 is 9.64 Å². The summed E-state index contributed by atoms with van der Waals surface area (Å²) in [5.74, 6) is -0.279. The largest absolute Gasteiger partial charge is 0.383 e. The van der Waals surface area contributed by atoms with Crippen LogP contribution in [0.15, 0.2) is 18.2 Å². The summed E-state index contributed by atoms with van der Waals surface area (Å²) in [7, 11) is 1.57. The lowest BCUT2D eigenvalue weighted by Gasteiger charge is -2.22. The molecule has 0 unspecified atom stereocenters. The summed E-state index contributed by atoms with van der Waals surface area (Å²) in [5, 5.41) is 10.8. The summed E-state index contributed by atoms with van der Waals surface area (Å²) in [6.45, 7) is 0.883. The Labute approximate surface area is 121 Å². The van der Waals surface area contributed by atoms with Crippen LogP contribution in [0, 0.1) is 10.1 Å². The standard InChI is InChI=1S/C13H15ClN2O4/c1-20-8-7-15(9-5-6-9)13(17)10-3-2-4-11(12(10)14)16(18)19/h2-4,9H,5-8H2,1H3. The van der Waals surface area contributed by atoms with Gasteiger partial charge in [-0.25, -0.2) is 0 Å². The Hall–Kier alpha value is -1.66. The van der Waals surface area contributed by atoms with E-state index in [2.05, 4.69) is 0 Å². The fraction of sp³-hybridized carbons (Fsp3) is 0.462. The number of nitro benzene ring substituents is 1. The van der Waals surface area contributed by atoms with Crippen molar-refractivity contribution < 1.29 is 14.5 Å². The van der Waals surface area contributed by atoms with Gasteiger partial charge in [-0.3, -0.25) is 14.9 Å². The number of hydrogen-bond acceptors (Lipinski definition) is 4. The zero-order valence-corrected chi connectivity index (χ0v) is 11.8. The van der Waals surface area contributed by atoms with Gasteiger partial charge in [-0.15, -0.1) is 0 Å². The minimum atomic E-state index is -0.588. The molecule has 2 rings (SSSR count). The molecule has 0 radical (unpaired) electrons. The summed E-state index contributed by atoms with van der Waals surface area (Å²) in [6.07, 6.45) is 1.89. The average Bonchev–Trinajstić information content (AvgIpc) is 3.23. The van der Waals surface area contributed by atoms with Crippen molar-refractivity contribution in [2.75, 3.05) is 20.3 Å². The van der Waals surface area contributed by atoms with E-state index in [1.807, 2.05) is 0 Å². The first kappa shape index (κ1) is 14.7. The molecule has 1 amide bonds. The van der Waals surface area contributed by atoms with Crippen molar-refractivity contribution in [1.82, 2.24) is 4.90 Å². The summed E-state index contributed by atoms with van der Waals surface area (Å²) in [5.41, 5.74) is -0.0797. The van der Waals surface area contributed by atoms with Crippen molar-refractivity contribution in [2.24, 2.45) is 0 Å². The van der Waals surface area contributed by atoms with Gasteiger partial charge in [-0.1, -0.05) is 17.7 Å². The van der Waals surface area contributed by atoms with Crippen molar-refractivity contribution in [2.45, 2.75) is 18.9 Å². The molecule has 1 aromatic rings. The molecule has 0 aromatic heterocycles. The fourth-order valence-electron chi connectivity index (χ4n) is 2.01. The Balaban J connectivity index is 2.27. The minimum Gasteiger partial charge on any atom is -0.383 e. The zero-order chi connectivity index (χ0) is 14.7. The van der Waals surface area contributed by atoms with E-state index in [0.717, 1.165) is 12.8 Å². The third-order valence-corrected chi connectivity index (χ3v) is 3.59. The Bertz CT molecular complexity index is 531. The molecule has 0 N–H and O–H groups in total. The van der Waals surface area contributed by atoms with Crippen LogP contribution < -0.4 is 0 Å². The number of benzene rings is 1. The number of rotatable bonds is 6. The topological polar surface area (TPSA) is 72.7 Å². The quantitative estimate of drug-likeness (QED) is 0.597. The number of methoxy groups -OCH3 is 1. The molecule has 0 atom stereocenters. The van der Waals surface area contributed by atoms with Crippen LogP contribution in [-0.2, 0) is 4.74 Å². The molecule has 0 saturated heterocycles. The van der Waals surface area contributed by atoms with E-state index in [1.54, 1.807) is 12.0 Å². The number of nitro groups is 1. The second-order valence-corrected chi connectivity index (χ2v) is 5.00. The third-order valence-electron chi connectivity index (χ3n) is 3.19. The third kappa shape index (κ3) is 3.08. The van der Waals surface area contributed by atoms with Gasteiger partial charge in [0, 0.05) is 25.8 Å². The summed E-state index contributed by atoms with van der Waals surface area (Å²) in [6, 6.07) is 4.46. The first-order chi connectivity index (χ1) is 9.56. The molecule has 7 heteroatoms. The number of nitrogens with zero attached hydrogens (tertiary/aromatic N) is 2. The molecule has 1 saturated carbocycles. The van der Waals surface area contributed by atoms with Crippen LogP contribution in [-0.4, -0.2) is 42.0 Å². The molecule has 108 valence electrons. The summed E-state index contributed by atoms with van der Waals surface area (Å²) >= 11 is 5.98. The number of carbonyl (C=O) groups is 1. The first-order valence-corrected chi connectivity index (χ1v) is 6.67. The highest BCUT2D eigenvalue weighted by molar-refractivity contribution is 6.35. The van der Waals surface area contributed by atoms with E-state index in [1.165, 1.54) is 18.2 Å². The van der Waals surface area contributed by atoms with Gasteiger partial charge >= 0.3 is 0 Å². The van der Waals surface area contributed by atoms with Gasteiger partial charge in [0.05, 0.1) is 17.1 Å². The molecule has 0 heterocycles. The predicted octanol–water partition coefficient (Wildman–Crippen LogP) is 2.50. The number of hydrogen-bond donors (Lipinski definition) is 0. The second kappa shape index (κ2) is 6.19. The molecule has 0 aliphatic heterocycles. The number of halogens is 1. The van der Waals surface area contributed by atoms with Crippen molar-refractivity contribution in [3.05, 3.63) is 38.9 Å². The smallest absolute Gasteiger partial charge is 0.288 e. The van der Waals surface area contributed by atoms with Gasteiger partial charge in [-0.2, -0.15) is 0 Å². The lowest BCUT2D eigenvalue weighted by atomic mass is 10.1. The highest BCUT2D eigenvalue weighted by Gasteiger charge is 2.34. The molecule has 0 spiro atoms. The number of amides is 1. The highest BCUT2D eigenvalue weighted by Crippen LogP contribution is 2.32. The lowest BCUT2D eigenvalue weighted by Crippen LogP contribution is -2.36. The van der Waals surface area contributed by atoms with E-state index in [-0.39, 0.29) is 28.2 Å². The normalized spacial score (nSPS) is 14.1. The molecule has 1 aromatic carbocycles. The fourth-order valence-corrected chi connectivity index (χ4v) is 2.28. The van der Waals surface area contributed by atoms with Crippen LogP contribution in [0.2, 0.25) is 5.02 Å². The molecule has 1 aliphatic rings. The van der Waals surface area contributed by atoms with E-state index < -0.39 is 4.92 Å². The van der Waals surface area contributed by atoms with Crippen LogP contribution in [0.3, 0.4) is 0 Å². The molecule has 6 nitrogen and oxygen atoms in total. The van der Waals surface area contributed by atoms with Crippen LogP contribution >= 0.6 is 11.6 Å². The number of carbonyl (C=O) groups excluding carboxylic acids is 1. The van der Waals surface area contributed by atoms with Crippen LogP contribution in [0.25, 0.3) is 0 Å². The minimum absolute atomic E-state index is 0.106. The van der Waals surface area contributed by atoms with E-state index >= 15 is 0 Å². The molecular weight excluding hydrogens is 284 g/mol. The molecule has 20 heavy (non-hydrogen) atoms. The Morgan fingerprint density at radius 1 is 1.55 bits per heavy atom. The van der Waals surface area contributed by atoms with Crippen molar-refractivity contribution in [3.8, 4) is 0 Å². The van der Waals surface area contributed by atoms with Gasteiger partial charge in [0.15, 0.2) is 0 Å². The van der Waals surface area contributed by atoms with Crippen molar-refractivity contribution >= 4 is 23.2 Å².